The second-order valence-corrected chi connectivity index (χ2v) is 6.38. The van der Waals surface area contributed by atoms with Gasteiger partial charge in [0.1, 0.15) is 0 Å². The predicted octanol–water partition coefficient (Wildman–Crippen LogP) is 1.59. The Balaban J connectivity index is 3.04. The molecule has 0 aliphatic carbocycles. The van der Waals surface area contributed by atoms with Crippen LogP contribution in [0.4, 0.5) is 5.69 Å². The largest absolute Gasteiger partial charge is 0.398 e. The van der Waals surface area contributed by atoms with E-state index in [-0.39, 0.29) is 10.9 Å². The van der Waals surface area contributed by atoms with E-state index in [1.54, 1.807) is 33.1 Å². The third-order valence-electron chi connectivity index (χ3n) is 3.02. The van der Waals surface area contributed by atoms with Crippen LogP contribution in [0.25, 0.3) is 0 Å². The summed E-state index contributed by atoms with van der Waals surface area (Å²) in [5.74, 6) is 0. The second-order valence-electron chi connectivity index (χ2n) is 4.73. The molecule has 0 saturated carbocycles. The lowest BCUT2D eigenvalue weighted by Crippen LogP contribution is -2.34. The summed E-state index contributed by atoms with van der Waals surface area (Å²) >= 11 is 0. The monoisotopic (exact) mass is 286 g/mol. The second kappa shape index (κ2) is 6.36. The van der Waals surface area contributed by atoms with Crippen molar-refractivity contribution in [2.45, 2.75) is 38.1 Å². The summed E-state index contributed by atoms with van der Waals surface area (Å²) in [5.41, 5.74) is 7.55. The minimum atomic E-state index is -3.56. The van der Waals surface area contributed by atoms with Gasteiger partial charge in [-0.15, -0.1) is 0 Å². The van der Waals surface area contributed by atoms with E-state index in [1.165, 1.54) is 0 Å². The van der Waals surface area contributed by atoms with Crippen LogP contribution >= 0.6 is 0 Å². The Morgan fingerprint density at radius 3 is 2.58 bits per heavy atom. The quantitative estimate of drug-likeness (QED) is 0.778. The van der Waals surface area contributed by atoms with Crippen molar-refractivity contribution < 1.29 is 13.2 Å². The number of hydrogen-bond donors (Lipinski definition) is 2. The molecule has 1 unspecified atom stereocenters. The first-order chi connectivity index (χ1) is 8.79. The molecule has 0 spiro atoms. The number of nitrogen functional groups attached to an aromatic ring is 1. The van der Waals surface area contributed by atoms with Crippen molar-refractivity contribution in [2.24, 2.45) is 0 Å². The van der Waals surface area contributed by atoms with Crippen molar-refractivity contribution in [1.29, 1.82) is 0 Å². The Morgan fingerprint density at radius 2 is 2.00 bits per heavy atom. The number of benzene rings is 1. The first kappa shape index (κ1) is 15.9. The zero-order valence-electron chi connectivity index (χ0n) is 11.9. The highest BCUT2D eigenvalue weighted by Gasteiger charge is 2.22. The fraction of sp³-hybridized carbons (Fsp3) is 0.538. The first-order valence-electron chi connectivity index (χ1n) is 6.16. The zero-order chi connectivity index (χ0) is 14.6. The average molecular weight is 286 g/mol. The topological polar surface area (TPSA) is 81.4 Å². The fourth-order valence-electron chi connectivity index (χ4n) is 1.93. The third-order valence-corrected chi connectivity index (χ3v) is 4.90. The van der Waals surface area contributed by atoms with E-state index in [0.717, 1.165) is 0 Å². The maximum absolute atomic E-state index is 12.4. The number of sulfonamides is 1. The van der Waals surface area contributed by atoms with Gasteiger partial charge in [0.25, 0.3) is 0 Å². The smallest absolute Gasteiger partial charge is 0.241 e. The number of rotatable bonds is 6. The lowest BCUT2D eigenvalue weighted by molar-refractivity contribution is 0.188. The zero-order valence-corrected chi connectivity index (χ0v) is 12.7. The highest BCUT2D eigenvalue weighted by atomic mass is 32.2. The summed E-state index contributed by atoms with van der Waals surface area (Å²) in [5, 5.41) is 0. The van der Waals surface area contributed by atoms with E-state index in [4.69, 9.17) is 10.5 Å². The summed E-state index contributed by atoms with van der Waals surface area (Å²) in [4.78, 5) is 0.275. The molecule has 1 aromatic carbocycles. The lowest BCUT2D eigenvalue weighted by atomic mass is 10.1. The molecule has 5 nitrogen and oxygen atoms in total. The van der Waals surface area contributed by atoms with Gasteiger partial charge in [0.15, 0.2) is 0 Å². The van der Waals surface area contributed by atoms with E-state index < -0.39 is 10.0 Å². The summed E-state index contributed by atoms with van der Waals surface area (Å²) in [6, 6.07) is 3.25. The highest BCUT2D eigenvalue weighted by Crippen LogP contribution is 2.24. The number of aryl methyl sites for hydroxylation is 1. The van der Waals surface area contributed by atoms with Crippen molar-refractivity contribution in [1.82, 2.24) is 4.72 Å². The Hall–Kier alpha value is -1.11. The van der Waals surface area contributed by atoms with Gasteiger partial charge in [0, 0.05) is 25.4 Å². The molecule has 0 bridgehead atoms. The van der Waals surface area contributed by atoms with Crippen LogP contribution in [0.15, 0.2) is 17.0 Å². The first-order valence-corrected chi connectivity index (χ1v) is 7.65. The molecule has 19 heavy (non-hydrogen) atoms. The molecule has 6 heteroatoms. The Labute approximate surface area is 115 Å². The predicted molar refractivity (Wildman–Crippen MR) is 76.6 cm³/mol. The van der Waals surface area contributed by atoms with Gasteiger partial charge in [0.05, 0.1) is 4.90 Å². The SMILES string of the molecule is COCCC(C)NS(=O)(=O)c1c(C)ccc(N)c1C. The standard InChI is InChI=1S/C13H22N2O3S/c1-9-5-6-12(14)11(3)13(9)19(16,17)15-10(2)7-8-18-4/h5-6,10,15H,7-8,14H2,1-4H3. The van der Waals surface area contributed by atoms with Crippen LogP contribution in [0.1, 0.15) is 24.5 Å². The molecule has 0 fully saturated rings. The van der Waals surface area contributed by atoms with Crippen LogP contribution in [-0.4, -0.2) is 28.2 Å². The summed E-state index contributed by atoms with van der Waals surface area (Å²) in [6.07, 6.45) is 0.621. The van der Waals surface area contributed by atoms with Gasteiger partial charge >= 0.3 is 0 Å². The Kier molecular flexibility index (Phi) is 5.34. The Morgan fingerprint density at radius 1 is 1.37 bits per heavy atom. The molecule has 0 amide bonds. The normalized spacial score (nSPS) is 13.5. The van der Waals surface area contributed by atoms with Gasteiger partial charge in [-0.25, -0.2) is 13.1 Å². The molecule has 0 aromatic heterocycles. The van der Waals surface area contributed by atoms with Crippen molar-refractivity contribution >= 4 is 15.7 Å². The van der Waals surface area contributed by atoms with E-state index in [0.29, 0.717) is 29.8 Å². The van der Waals surface area contributed by atoms with Crippen molar-refractivity contribution in [3.63, 3.8) is 0 Å². The molecule has 108 valence electrons. The molecule has 0 radical (unpaired) electrons. The van der Waals surface area contributed by atoms with Gasteiger partial charge in [-0.3, -0.25) is 0 Å². The number of methoxy groups -OCH3 is 1. The minimum Gasteiger partial charge on any atom is -0.398 e. The molecule has 1 atom stereocenters. The van der Waals surface area contributed by atoms with Gasteiger partial charge < -0.3 is 10.5 Å². The van der Waals surface area contributed by atoms with E-state index in [9.17, 15) is 8.42 Å². The maximum Gasteiger partial charge on any atom is 0.241 e. The summed E-state index contributed by atoms with van der Waals surface area (Å²) in [7, 11) is -1.97. The van der Waals surface area contributed by atoms with E-state index >= 15 is 0 Å². The van der Waals surface area contributed by atoms with Gasteiger partial charge in [-0.05, 0) is 44.4 Å². The number of ether oxygens (including phenoxy) is 1. The average Bonchev–Trinajstić information content (AvgIpc) is 2.31. The molecule has 1 rings (SSSR count). The molecule has 0 aliphatic rings. The molecule has 0 aliphatic heterocycles. The van der Waals surface area contributed by atoms with Crippen LogP contribution in [0, 0.1) is 13.8 Å². The van der Waals surface area contributed by atoms with Crippen LogP contribution in [0.5, 0.6) is 0 Å². The summed E-state index contributed by atoms with van der Waals surface area (Å²) in [6.45, 7) is 5.81. The van der Waals surface area contributed by atoms with Crippen molar-refractivity contribution in [3.8, 4) is 0 Å². The number of nitrogens with one attached hydrogen (secondary N) is 1. The van der Waals surface area contributed by atoms with E-state index in [1.807, 2.05) is 6.92 Å². The van der Waals surface area contributed by atoms with Gasteiger partial charge in [-0.1, -0.05) is 6.07 Å². The van der Waals surface area contributed by atoms with Crippen molar-refractivity contribution in [3.05, 3.63) is 23.3 Å². The molecule has 3 N–H and O–H groups in total. The van der Waals surface area contributed by atoms with E-state index in [2.05, 4.69) is 4.72 Å². The van der Waals surface area contributed by atoms with Crippen LogP contribution in [0.2, 0.25) is 0 Å². The maximum atomic E-state index is 12.4. The lowest BCUT2D eigenvalue weighted by Gasteiger charge is -2.17. The fourth-order valence-corrected chi connectivity index (χ4v) is 3.71. The molecular weight excluding hydrogens is 264 g/mol. The number of anilines is 1. The van der Waals surface area contributed by atoms with Crippen molar-refractivity contribution in [2.75, 3.05) is 19.5 Å². The highest BCUT2D eigenvalue weighted by molar-refractivity contribution is 7.89. The van der Waals surface area contributed by atoms with Crippen LogP contribution in [0.3, 0.4) is 0 Å². The minimum absolute atomic E-state index is 0.190. The molecule has 1 aromatic rings. The molecular formula is C13H22N2O3S. The number of hydrogen-bond acceptors (Lipinski definition) is 4. The van der Waals surface area contributed by atoms with Gasteiger partial charge in [-0.2, -0.15) is 0 Å². The Bertz CT molecular complexity index is 541. The third kappa shape index (κ3) is 3.92. The summed E-state index contributed by atoms with van der Waals surface area (Å²) < 4.78 is 32.4. The number of nitrogens with two attached hydrogens (primary N) is 1. The molecule has 0 heterocycles. The molecule has 0 saturated heterocycles. The van der Waals surface area contributed by atoms with Gasteiger partial charge in [0.2, 0.25) is 10.0 Å². The van der Waals surface area contributed by atoms with Crippen LogP contribution in [-0.2, 0) is 14.8 Å². The van der Waals surface area contributed by atoms with Crippen LogP contribution < -0.4 is 10.5 Å².